The van der Waals surface area contributed by atoms with Crippen molar-refractivity contribution in [2.45, 2.75) is 58.8 Å². The van der Waals surface area contributed by atoms with E-state index in [9.17, 15) is 10.2 Å². The maximum atomic E-state index is 10.8. The van der Waals surface area contributed by atoms with Gasteiger partial charge >= 0.3 is 0 Å². The van der Waals surface area contributed by atoms with Gasteiger partial charge in [-0.05, 0) is 39.5 Å². The highest BCUT2D eigenvalue weighted by Gasteiger charge is 2.25. The molecule has 0 heterocycles. The summed E-state index contributed by atoms with van der Waals surface area (Å²) in [4.78, 5) is 0. The highest BCUT2D eigenvalue weighted by atomic mass is 16.3. The SMILES string of the molecule is CC(C)(C)c1cccc(C2=CC=C(c3cccc(C(C)(C)C)c3O)C2)c1O. The molecule has 1 aliphatic carbocycles. The van der Waals surface area contributed by atoms with E-state index in [2.05, 4.69) is 53.7 Å². The van der Waals surface area contributed by atoms with Crippen LogP contribution in [-0.2, 0) is 10.8 Å². The van der Waals surface area contributed by atoms with Crippen molar-refractivity contribution in [3.63, 3.8) is 0 Å². The highest BCUT2D eigenvalue weighted by Crippen LogP contribution is 2.44. The van der Waals surface area contributed by atoms with Crippen LogP contribution in [0.1, 0.15) is 70.2 Å². The third-order valence-electron chi connectivity index (χ3n) is 5.25. The Morgan fingerprint density at radius 3 is 1.33 bits per heavy atom. The molecule has 1 aliphatic rings. The summed E-state index contributed by atoms with van der Waals surface area (Å²) in [5.41, 5.74) is 5.58. The third-order valence-corrected chi connectivity index (χ3v) is 5.25. The monoisotopic (exact) mass is 362 g/mol. The van der Waals surface area contributed by atoms with Gasteiger partial charge in [0.1, 0.15) is 11.5 Å². The van der Waals surface area contributed by atoms with Crippen LogP contribution in [-0.4, -0.2) is 10.2 Å². The molecule has 2 nitrogen and oxygen atoms in total. The number of hydrogen-bond acceptors (Lipinski definition) is 2. The molecule has 142 valence electrons. The summed E-state index contributed by atoms with van der Waals surface area (Å²) in [6.45, 7) is 12.6. The Morgan fingerprint density at radius 1 is 0.630 bits per heavy atom. The van der Waals surface area contributed by atoms with E-state index < -0.39 is 0 Å². The van der Waals surface area contributed by atoms with Crippen molar-refractivity contribution in [1.29, 1.82) is 0 Å². The van der Waals surface area contributed by atoms with Gasteiger partial charge in [-0.25, -0.2) is 0 Å². The van der Waals surface area contributed by atoms with Crippen molar-refractivity contribution >= 4 is 11.1 Å². The first-order chi connectivity index (χ1) is 12.5. The van der Waals surface area contributed by atoms with Crippen molar-refractivity contribution in [3.05, 3.63) is 70.8 Å². The number of para-hydroxylation sites is 2. The van der Waals surface area contributed by atoms with Crippen molar-refractivity contribution < 1.29 is 10.2 Å². The van der Waals surface area contributed by atoms with Crippen molar-refractivity contribution in [2.24, 2.45) is 0 Å². The molecule has 0 aromatic heterocycles. The van der Waals surface area contributed by atoms with Crippen LogP contribution in [0.25, 0.3) is 11.1 Å². The zero-order valence-electron chi connectivity index (χ0n) is 17.2. The van der Waals surface area contributed by atoms with Gasteiger partial charge in [0.25, 0.3) is 0 Å². The maximum Gasteiger partial charge on any atom is 0.126 e. The molecule has 2 aromatic carbocycles. The fraction of sp³-hybridized carbons (Fsp3) is 0.360. The molecule has 0 fully saturated rings. The van der Waals surface area contributed by atoms with Crippen LogP contribution in [0.3, 0.4) is 0 Å². The Balaban J connectivity index is 1.93. The molecule has 0 aliphatic heterocycles. The minimum atomic E-state index is -0.116. The molecule has 27 heavy (non-hydrogen) atoms. The van der Waals surface area contributed by atoms with E-state index in [0.717, 1.165) is 33.4 Å². The summed E-state index contributed by atoms with van der Waals surface area (Å²) in [6.07, 6.45) is 4.81. The lowest BCUT2D eigenvalue weighted by Crippen LogP contribution is -2.12. The summed E-state index contributed by atoms with van der Waals surface area (Å²) in [5, 5.41) is 21.7. The van der Waals surface area contributed by atoms with E-state index >= 15 is 0 Å². The lowest BCUT2D eigenvalue weighted by Gasteiger charge is -2.23. The lowest BCUT2D eigenvalue weighted by molar-refractivity contribution is 0.445. The molecule has 2 aromatic rings. The predicted molar refractivity (Wildman–Crippen MR) is 114 cm³/mol. The number of aromatic hydroxyl groups is 2. The van der Waals surface area contributed by atoms with Gasteiger partial charge in [-0.3, -0.25) is 0 Å². The Labute approximate surface area is 162 Å². The van der Waals surface area contributed by atoms with E-state index in [-0.39, 0.29) is 10.8 Å². The second-order valence-corrected chi connectivity index (χ2v) is 9.46. The zero-order valence-corrected chi connectivity index (χ0v) is 17.2. The molecule has 3 rings (SSSR count). The standard InChI is InChI=1S/C25H30O2/c1-24(2,3)20-11-7-9-18(22(20)26)16-13-14-17(15-16)19-10-8-12-21(23(19)27)25(4,5)6/h7-14,26-27H,15H2,1-6H3. The molecule has 0 radical (unpaired) electrons. The molecule has 0 atom stereocenters. The molecule has 0 unspecified atom stereocenters. The number of phenolic OH excluding ortho intramolecular Hbond substituents is 2. The van der Waals surface area contributed by atoms with Crippen LogP contribution in [0.15, 0.2) is 48.6 Å². The first-order valence-corrected chi connectivity index (χ1v) is 9.55. The van der Waals surface area contributed by atoms with Crippen LogP contribution in [0.2, 0.25) is 0 Å². The third kappa shape index (κ3) is 3.66. The fourth-order valence-corrected chi connectivity index (χ4v) is 3.71. The van der Waals surface area contributed by atoms with Gasteiger partial charge in [0.2, 0.25) is 0 Å². The van der Waals surface area contributed by atoms with Crippen molar-refractivity contribution in [3.8, 4) is 11.5 Å². The number of hydrogen-bond donors (Lipinski definition) is 2. The summed E-state index contributed by atoms with van der Waals surface area (Å²) in [6, 6.07) is 11.9. The predicted octanol–water partition coefficient (Wildman–Crippen LogP) is 6.56. The topological polar surface area (TPSA) is 40.5 Å². The van der Waals surface area contributed by atoms with Gasteiger partial charge in [0, 0.05) is 11.1 Å². The Bertz CT molecular complexity index is 854. The lowest BCUT2D eigenvalue weighted by atomic mass is 9.83. The van der Waals surface area contributed by atoms with E-state index in [1.54, 1.807) is 0 Å². The Kier molecular flexibility index (Phi) is 4.71. The van der Waals surface area contributed by atoms with Crippen LogP contribution < -0.4 is 0 Å². The van der Waals surface area contributed by atoms with Gasteiger partial charge in [-0.1, -0.05) is 90.1 Å². The average molecular weight is 363 g/mol. The molecule has 0 saturated heterocycles. The molecule has 0 bridgehead atoms. The van der Waals surface area contributed by atoms with Crippen LogP contribution in [0.5, 0.6) is 11.5 Å². The highest BCUT2D eigenvalue weighted by molar-refractivity contribution is 5.90. The van der Waals surface area contributed by atoms with Gasteiger partial charge in [0.05, 0.1) is 0 Å². The number of phenols is 2. The Morgan fingerprint density at radius 2 is 1.00 bits per heavy atom. The molecular formula is C25H30O2. The summed E-state index contributed by atoms with van der Waals surface area (Å²) < 4.78 is 0. The van der Waals surface area contributed by atoms with E-state index in [1.807, 2.05) is 36.4 Å². The fourth-order valence-electron chi connectivity index (χ4n) is 3.71. The van der Waals surface area contributed by atoms with Gasteiger partial charge in [-0.2, -0.15) is 0 Å². The largest absolute Gasteiger partial charge is 0.507 e. The first-order valence-electron chi connectivity index (χ1n) is 9.55. The quantitative estimate of drug-likeness (QED) is 0.635. The van der Waals surface area contributed by atoms with Crippen molar-refractivity contribution in [1.82, 2.24) is 0 Å². The zero-order chi connectivity index (χ0) is 20.0. The number of allylic oxidation sites excluding steroid dienone is 4. The van der Waals surface area contributed by atoms with E-state index in [0.29, 0.717) is 17.9 Å². The average Bonchev–Trinajstić information content (AvgIpc) is 3.02. The van der Waals surface area contributed by atoms with Gasteiger partial charge < -0.3 is 10.2 Å². The second-order valence-electron chi connectivity index (χ2n) is 9.46. The maximum absolute atomic E-state index is 10.8. The normalized spacial score (nSPS) is 14.9. The Hall–Kier alpha value is -2.48. The van der Waals surface area contributed by atoms with E-state index in [4.69, 9.17) is 0 Å². The minimum Gasteiger partial charge on any atom is -0.507 e. The molecule has 0 amide bonds. The van der Waals surface area contributed by atoms with Crippen LogP contribution >= 0.6 is 0 Å². The number of rotatable bonds is 2. The molecule has 2 N–H and O–H groups in total. The number of benzene rings is 2. The van der Waals surface area contributed by atoms with Gasteiger partial charge in [0.15, 0.2) is 0 Å². The summed E-state index contributed by atoms with van der Waals surface area (Å²) in [7, 11) is 0. The van der Waals surface area contributed by atoms with Gasteiger partial charge in [-0.15, -0.1) is 0 Å². The summed E-state index contributed by atoms with van der Waals surface area (Å²) >= 11 is 0. The van der Waals surface area contributed by atoms with E-state index in [1.165, 1.54) is 0 Å². The van der Waals surface area contributed by atoms with Crippen LogP contribution in [0, 0.1) is 0 Å². The smallest absolute Gasteiger partial charge is 0.126 e. The molecular weight excluding hydrogens is 332 g/mol. The summed E-state index contributed by atoms with van der Waals surface area (Å²) in [5.74, 6) is 0.720. The molecule has 2 heteroatoms. The molecule has 0 saturated carbocycles. The second kappa shape index (κ2) is 6.60. The molecule has 0 spiro atoms. The minimum absolute atomic E-state index is 0.116. The van der Waals surface area contributed by atoms with Crippen molar-refractivity contribution in [2.75, 3.05) is 0 Å². The first kappa shape index (κ1) is 19.3. The van der Waals surface area contributed by atoms with Crippen LogP contribution in [0.4, 0.5) is 0 Å².